The molecule has 1 saturated heterocycles. The second-order valence-corrected chi connectivity index (χ2v) is 4.27. The molecule has 1 aliphatic heterocycles. The van der Waals surface area contributed by atoms with Crippen LogP contribution >= 0.6 is 0 Å². The monoisotopic (exact) mass is 224 g/mol. The predicted octanol–water partition coefficient (Wildman–Crippen LogP) is 0.168. The number of hydrogen-bond acceptors (Lipinski definition) is 5. The number of rotatable bonds is 4. The van der Waals surface area contributed by atoms with Gasteiger partial charge in [0.05, 0.1) is 12.6 Å². The number of carbonyl (C=O) groups excluding carboxylic acids is 1. The molecule has 0 saturated carbocycles. The fourth-order valence-electron chi connectivity index (χ4n) is 1.89. The van der Waals surface area contributed by atoms with Crippen LogP contribution < -0.4 is 5.32 Å². The quantitative estimate of drug-likeness (QED) is 0.789. The Morgan fingerprint density at radius 3 is 3.12 bits per heavy atom. The fraction of sp³-hybridized carbons (Fsp3) is 0.700. The van der Waals surface area contributed by atoms with Crippen LogP contribution in [0.5, 0.6) is 0 Å². The molecule has 88 valence electrons. The van der Waals surface area contributed by atoms with Crippen molar-refractivity contribution in [3.8, 4) is 0 Å². The van der Waals surface area contributed by atoms with Gasteiger partial charge in [-0.25, -0.2) is 0 Å². The van der Waals surface area contributed by atoms with Crippen LogP contribution in [0.25, 0.3) is 0 Å². The highest BCUT2D eigenvalue weighted by atomic mass is 16.5. The molecule has 0 aromatic carbocycles. The lowest BCUT2D eigenvalue weighted by molar-refractivity contribution is -0.130. The van der Waals surface area contributed by atoms with Gasteiger partial charge in [0.25, 0.3) is 0 Å². The van der Waals surface area contributed by atoms with Crippen molar-refractivity contribution in [3.63, 3.8) is 0 Å². The molecule has 0 radical (unpaired) electrons. The summed E-state index contributed by atoms with van der Waals surface area (Å²) in [6.45, 7) is 5.26. The molecule has 1 unspecified atom stereocenters. The van der Waals surface area contributed by atoms with Crippen molar-refractivity contribution in [3.05, 3.63) is 12.2 Å². The molecular weight excluding hydrogens is 208 g/mol. The molecule has 1 amide bonds. The van der Waals surface area contributed by atoms with Gasteiger partial charge < -0.3 is 14.7 Å². The fourth-order valence-corrected chi connectivity index (χ4v) is 1.89. The van der Waals surface area contributed by atoms with E-state index in [4.69, 9.17) is 0 Å². The van der Waals surface area contributed by atoms with Crippen LogP contribution in [0.15, 0.2) is 10.9 Å². The number of nitrogens with zero attached hydrogens (tertiary/aromatic N) is 3. The van der Waals surface area contributed by atoms with Crippen LogP contribution in [-0.4, -0.2) is 39.6 Å². The highest BCUT2D eigenvalue weighted by Gasteiger charge is 2.32. The molecule has 1 fully saturated rings. The van der Waals surface area contributed by atoms with Crippen LogP contribution in [0.1, 0.15) is 26.1 Å². The van der Waals surface area contributed by atoms with Crippen LogP contribution in [-0.2, 0) is 11.3 Å². The van der Waals surface area contributed by atoms with Crippen LogP contribution in [0, 0.1) is 0 Å². The third-order valence-electron chi connectivity index (χ3n) is 2.57. The zero-order valence-electron chi connectivity index (χ0n) is 9.51. The molecule has 6 nitrogen and oxygen atoms in total. The van der Waals surface area contributed by atoms with Gasteiger partial charge in [-0.3, -0.25) is 4.79 Å². The van der Waals surface area contributed by atoms with E-state index in [2.05, 4.69) is 20.0 Å². The second-order valence-electron chi connectivity index (χ2n) is 4.27. The number of hydrogen-bond donors (Lipinski definition) is 1. The van der Waals surface area contributed by atoms with E-state index in [1.54, 1.807) is 4.90 Å². The number of aromatic nitrogens is 2. The Morgan fingerprint density at radius 1 is 1.69 bits per heavy atom. The summed E-state index contributed by atoms with van der Waals surface area (Å²) >= 11 is 0. The summed E-state index contributed by atoms with van der Waals surface area (Å²) in [5.41, 5.74) is 0. The highest BCUT2D eigenvalue weighted by molar-refractivity contribution is 5.83. The first-order valence-electron chi connectivity index (χ1n) is 5.47. The zero-order valence-corrected chi connectivity index (χ0v) is 9.51. The minimum atomic E-state index is -0.0631. The average Bonchev–Trinajstić information content (AvgIpc) is 2.82. The summed E-state index contributed by atoms with van der Waals surface area (Å²) in [5.74, 6) is 0.678. The first-order valence-corrected chi connectivity index (χ1v) is 5.47. The number of carbonyl (C=O) groups is 1. The summed E-state index contributed by atoms with van der Waals surface area (Å²) in [7, 11) is 0. The molecule has 2 heterocycles. The summed E-state index contributed by atoms with van der Waals surface area (Å²) < 4.78 is 4.64. The first kappa shape index (κ1) is 11.1. The van der Waals surface area contributed by atoms with Crippen molar-refractivity contribution in [1.82, 2.24) is 20.4 Å². The van der Waals surface area contributed by atoms with Gasteiger partial charge in [0, 0.05) is 12.6 Å². The molecule has 1 atom stereocenters. The Bertz CT molecular complexity index is 350. The Labute approximate surface area is 94.0 Å². The second kappa shape index (κ2) is 4.61. The molecule has 1 aromatic heterocycles. The average molecular weight is 224 g/mol. The molecule has 2 rings (SSSR count). The minimum Gasteiger partial charge on any atom is -0.343 e. The van der Waals surface area contributed by atoms with Crippen molar-refractivity contribution in [2.45, 2.75) is 38.9 Å². The van der Waals surface area contributed by atoms with E-state index >= 15 is 0 Å². The summed E-state index contributed by atoms with van der Waals surface area (Å²) in [5, 5.41) is 6.95. The van der Waals surface area contributed by atoms with Gasteiger partial charge in [-0.1, -0.05) is 19.0 Å². The van der Waals surface area contributed by atoms with E-state index in [1.165, 1.54) is 6.39 Å². The van der Waals surface area contributed by atoms with Gasteiger partial charge >= 0.3 is 0 Å². The lowest BCUT2D eigenvalue weighted by atomic mass is 10.2. The minimum absolute atomic E-state index is 0.0631. The van der Waals surface area contributed by atoms with Crippen LogP contribution in [0.3, 0.4) is 0 Å². The Morgan fingerprint density at radius 2 is 2.50 bits per heavy atom. The maximum Gasteiger partial charge on any atom is 0.240 e. The number of amides is 1. The standard InChI is InChI=1S/C10H16N4O2/c1-7(2)12-8-3-4-14(10(8)15)5-9-11-6-16-13-9/h6-8,12H,3-5H2,1-2H3. The van der Waals surface area contributed by atoms with Crippen LogP contribution in [0.4, 0.5) is 0 Å². The number of likely N-dealkylation sites (tertiary alicyclic amines) is 1. The van der Waals surface area contributed by atoms with Crippen LogP contribution in [0.2, 0.25) is 0 Å². The van der Waals surface area contributed by atoms with E-state index in [0.29, 0.717) is 18.4 Å². The summed E-state index contributed by atoms with van der Waals surface area (Å²) in [6.07, 6.45) is 2.12. The maximum atomic E-state index is 11.9. The van der Waals surface area contributed by atoms with Crippen molar-refractivity contribution in [2.24, 2.45) is 0 Å². The maximum absolute atomic E-state index is 11.9. The van der Waals surface area contributed by atoms with Gasteiger partial charge in [-0.15, -0.1) is 0 Å². The molecule has 6 heteroatoms. The Hall–Kier alpha value is -1.43. The Balaban J connectivity index is 1.92. The number of nitrogens with one attached hydrogen (secondary N) is 1. The normalized spacial score (nSPS) is 21.1. The first-order chi connectivity index (χ1) is 7.66. The van der Waals surface area contributed by atoms with Gasteiger partial charge in [0.15, 0.2) is 5.82 Å². The Kier molecular flexibility index (Phi) is 3.19. The lowest BCUT2D eigenvalue weighted by Crippen LogP contribution is -2.41. The topological polar surface area (TPSA) is 71.3 Å². The van der Waals surface area contributed by atoms with E-state index in [9.17, 15) is 4.79 Å². The van der Waals surface area contributed by atoms with Crippen molar-refractivity contribution in [2.75, 3.05) is 6.54 Å². The van der Waals surface area contributed by atoms with E-state index in [-0.39, 0.29) is 11.9 Å². The molecule has 0 spiro atoms. The van der Waals surface area contributed by atoms with Crippen molar-refractivity contribution in [1.29, 1.82) is 0 Å². The lowest BCUT2D eigenvalue weighted by Gasteiger charge is -2.16. The van der Waals surface area contributed by atoms with E-state index in [1.807, 2.05) is 13.8 Å². The molecule has 1 aliphatic rings. The van der Waals surface area contributed by atoms with E-state index < -0.39 is 0 Å². The SMILES string of the molecule is CC(C)NC1CCN(Cc2ncon2)C1=O. The zero-order chi connectivity index (χ0) is 11.5. The molecule has 1 N–H and O–H groups in total. The summed E-state index contributed by atoms with van der Waals surface area (Å²) in [4.78, 5) is 17.6. The highest BCUT2D eigenvalue weighted by Crippen LogP contribution is 2.13. The van der Waals surface area contributed by atoms with Gasteiger partial charge in [0.1, 0.15) is 0 Å². The van der Waals surface area contributed by atoms with E-state index in [0.717, 1.165) is 13.0 Å². The molecule has 16 heavy (non-hydrogen) atoms. The van der Waals surface area contributed by atoms with Gasteiger partial charge in [-0.2, -0.15) is 4.98 Å². The third-order valence-corrected chi connectivity index (χ3v) is 2.57. The molecular formula is C10H16N4O2. The largest absolute Gasteiger partial charge is 0.343 e. The molecule has 0 bridgehead atoms. The molecule has 0 aliphatic carbocycles. The van der Waals surface area contributed by atoms with Crippen molar-refractivity contribution >= 4 is 5.91 Å². The van der Waals surface area contributed by atoms with Gasteiger partial charge in [0.2, 0.25) is 12.3 Å². The smallest absolute Gasteiger partial charge is 0.240 e. The molecule has 1 aromatic rings. The summed E-state index contributed by atoms with van der Waals surface area (Å²) in [6, 6.07) is 0.256. The van der Waals surface area contributed by atoms with Crippen molar-refractivity contribution < 1.29 is 9.32 Å². The third kappa shape index (κ3) is 2.38. The van der Waals surface area contributed by atoms with Gasteiger partial charge in [-0.05, 0) is 6.42 Å². The predicted molar refractivity (Wildman–Crippen MR) is 56.4 cm³/mol.